The van der Waals surface area contributed by atoms with Crippen LogP contribution in [-0.4, -0.2) is 29.8 Å². The van der Waals surface area contributed by atoms with E-state index in [1.165, 1.54) is 7.11 Å². The van der Waals surface area contributed by atoms with Gasteiger partial charge in [-0.2, -0.15) is 5.26 Å². The van der Waals surface area contributed by atoms with Gasteiger partial charge in [-0.1, -0.05) is 18.2 Å². The second kappa shape index (κ2) is 6.40. The summed E-state index contributed by atoms with van der Waals surface area (Å²) >= 11 is 0. The van der Waals surface area contributed by atoms with Crippen LogP contribution in [0.25, 0.3) is 0 Å². The van der Waals surface area contributed by atoms with Gasteiger partial charge in [-0.3, -0.25) is 15.1 Å². The van der Waals surface area contributed by atoms with Crippen LogP contribution in [0.3, 0.4) is 0 Å². The van der Waals surface area contributed by atoms with E-state index in [0.29, 0.717) is 11.3 Å². The lowest BCUT2D eigenvalue weighted by Crippen LogP contribution is -2.40. The molecule has 1 heterocycles. The zero-order valence-corrected chi connectivity index (χ0v) is 12.9. The molecule has 1 aromatic rings. The first-order chi connectivity index (χ1) is 10.9. The number of carbonyl (C=O) groups excluding carboxylic acids is 1. The van der Waals surface area contributed by atoms with Gasteiger partial charge in [0.15, 0.2) is 0 Å². The van der Waals surface area contributed by atoms with Crippen LogP contribution in [0.2, 0.25) is 0 Å². The van der Waals surface area contributed by atoms with Gasteiger partial charge in [0.1, 0.15) is 0 Å². The highest BCUT2D eigenvalue weighted by atomic mass is 16.6. The zero-order valence-electron chi connectivity index (χ0n) is 12.9. The van der Waals surface area contributed by atoms with E-state index in [4.69, 9.17) is 4.74 Å². The molecule has 0 N–H and O–H groups in total. The number of hydrogen-bond acceptors (Lipinski definition) is 6. The highest BCUT2D eigenvalue weighted by molar-refractivity contribution is 5.98. The van der Waals surface area contributed by atoms with E-state index in [-0.39, 0.29) is 16.8 Å². The maximum atomic E-state index is 12.2. The third-order valence-corrected chi connectivity index (χ3v) is 3.84. The van der Waals surface area contributed by atoms with Crippen molar-refractivity contribution in [2.24, 2.45) is 4.99 Å². The highest BCUT2D eigenvalue weighted by Crippen LogP contribution is 2.38. The first kappa shape index (κ1) is 16.4. The molecule has 2 rings (SSSR count). The van der Waals surface area contributed by atoms with Crippen LogP contribution in [0, 0.1) is 21.4 Å². The summed E-state index contributed by atoms with van der Waals surface area (Å²) in [4.78, 5) is 27.4. The molecule has 7 nitrogen and oxygen atoms in total. The zero-order chi connectivity index (χ0) is 17.1. The number of rotatable bonds is 3. The molecule has 0 aromatic heterocycles. The van der Waals surface area contributed by atoms with Crippen molar-refractivity contribution >= 4 is 11.7 Å². The number of carbonyl (C=O) groups is 1. The predicted molar refractivity (Wildman–Crippen MR) is 82.5 cm³/mol. The lowest BCUT2D eigenvalue weighted by Gasteiger charge is -2.27. The van der Waals surface area contributed by atoms with Crippen LogP contribution in [0.1, 0.15) is 30.9 Å². The molecular formula is C16H15N3O4. The topological polar surface area (TPSA) is 106 Å². The minimum atomic E-state index is -1.22. The van der Waals surface area contributed by atoms with Gasteiger partial charge in [0.2, 0.25) is 0 Å². The van der Waals surface area contributed by atoms with Gasteiger partial charge in [0.25, 0.3) is 6.04 Å². The van der Waals surface area contributed by atoms with E-state index in [1.807, 2.05) is 6.07 Å². The molecule has 0 aliphatic carbocycles. The molecule has 7 heteroatoms. The summed E-state index contributed by atoms with van der Waals surface area (Å²) in [6.07, 6.45) is 0. The second-order valence-electron chi connectivity index (χ2n) is 5.15. The Morgan fingerprint density at radius 1 is 1.39 bits per heavy atom. The fraction of sp³-hybridized carbons (Fsp3) is 0.312. The molecule has 0 saturated heterocycles. The SMILES string of the molecule is COC(=O)C1=C(C)N=C(C)C([N+](=O)[O-])C1c1ccccc1C#N. The Kier molecular flexibility index (Phi) is 4.55. The molecule has 0 saturated carbocycles. The molecular weight excluding hydrogens is 298 g/mol. The van der Waals surface area contributed by atoms with Crippen molar-refractivity contribution < 1.29 is 14.5 Å². The standard InChI is InChI=1S/C16H15N3O4/c1-9-13(16(20)23-3)14(15(19(21)22)10(2)18-9)12-7-5-4-6-11(12)8-17/h4-7,14-15H,1-3H3. The van der Waals surface area contributed by atoms with Crippen molar-refractivity contribution in [2.75, 3.05) is 7.11 Å². The van der Waals surface area contributed by atoms with Crippen LogP contribution in [0.4, 0.5) is 0 Å². The maximum Gasteiger partial charge on any atom is 0.336 e. The lowest BCUT2D eigenvalue weighted by atomic mass is 9.78. The minimum Gasteiger partial charge on any atom is -0.466 e. The number of nitrogens with zero attached hydrogens (tertiary/aromatic N) is 3. The number of esters is 1. The van der Waals surface area contributed by atoms with Gasteiger partial charge in [0, 0.05) is 10.6 Å². The first-order valence-electron chi connectivity index (χ1n) is 6.89. The van der Waals surface area contributed by atoms with Crippen molar-refractivity contribution in [3.63, 3.8) is 0 Å². The number of hydrogen-bond donors (Lipinski definition) is 0. The van der Waals surface area contributed by atoms with E-state index in [0.717, 1.165) is 0 Å². The molecule has 0 fully saturated rings. The molecule has 0 bridgehead atoms. The number of ether oxygens (including phenoxy) is 1. The van der Waals surface area contributed by atoms with Crippen molar-refractivity contribution in [3.8, 4) is 6.07 Å². The number of aliphatic imine (C=N–C) groups is 1. The average molecular weight is 313 g/mol. The summed E-state index contributed by atoms with van der Waals surface area (Å²) in [5.41, 5.74) is 1.48. The van der Waals surface area contributed by atoms with Crippen molar-refractivity contribution in [3.05, 3.63) is 56.8 Å². The second-order valence-corrected chi connectivity index (χ2v) is 5.15. The van der Waals surface area contributed by atoms with Gasteiger partial charge >= 0.3 is 5.97 Å². The van der Waals surface area contributed by atoms with E-state index in [1.54, 1.807) is 38.1 Å². The number of methoxy groups -OCH3 is 1. The normalized spacial score (nSPS) is 20.5. The van der Waals surface area contributed by atoms with Crippen LogP contribution >= 0.6 is 0 Å². The molecule has 0 amide bonds. The molecule has 0 radical (unpaired) electrons. The number of benzene rings is 1. The summed E-state index contributed by atoms with van der Waals surface area (Å²) in [5, 5.41) is 20.9. The van der Waals surface area contributed by atoms with Crippen molar-refractivity contribution in [1.29, 1.82) is 5.26 Å². The molecule has 1 aromatic carbocycles. The summed E-state index contributed by atoms with van der Waals surface area (Å²) in [5.74, 6) is -1.59. The van der Waals surface area contributed by atoms with E-state index in [9.17, 15) is 20.2 Å². The molecule has 2 atom stereocenters. The molecule has 0 spiro atoms. The Bertz CT molecular complexity index is 774. The van der Waals surface area contributed by atoms with Gasteiger partial charge in [0.05, 0.1) is 35.9 Å². The average Bonchev–Trinajstić information content (AvgIpc) is 2.52. The number of allylic oxidation sites excluding steroid dienone is 1. The molecule has 1 aliphatic rings. The largest absolute Gasteiger partial charge is 0.466 e. The van der Waals surface area contributed by atoms with Crippen molar-refractivity contribution in [2.45, 2.75) is 25.8 Å². The third kappa shape index (κ3) is 2.83. The smallest absolute Gasteiger partial charge is 0.336 e. The fourth-order valence-electron chi connectivity index (χ4n) is 2.87. The first-order valence-corrected chi connectivity index (χ1v) is 6.89. The van der Waals surface area contributed by atoms with Gasteiger partial charge in [-0.15, -0.1) is 0 Å². The maximum absolute atomic E-state index is 12.2. The summed E-state index contributed by atoms with van der Waals surface area (Å²) in [7, 11) is 1.21. The quantitative estimate of drug-likeness (QED) is 0.483. The van der Waals surface area contributed by atoms with E-state index in [2.05, 4.69) is 4.99 Å². The monoisotopic (exact) mass is 313 g/mol. The van der Waals surface area contributed by atoms with E-state index >= 15 is 0 Å². The predicted octanol–water partition coefficient (Wildman–Crippen LogP) is 2.21. The van der Waals surface area contributed by atoms with Gasteiger partial charge in [-0.25, -0.2) is 4.79 Å². The third-order valence-electron chi connectivity index (χ3n) is 3.84. The highest BCUT2D eigenvalue weighted by Gasteiger charge is 2.45. The Balaban J connectivity index is 2.76. The summed E-state index contributed by atoms with van der Waals surface area (Å²) in [6, 6.07) is 7.34. The van der Waals surface area contributed by atoms with Crippen molar-refractivity contribution in [1.82, 2.24) is 0 Å². The Morgan fingerprint density at radius 3 is 2.61 bits per heavy atom. The van der Waals surface area contributed by atoms with Crippen LogP contribution in [0.15, 0.2) is 40.5 Å². The number of nitriles is 1. The molecule has 2 unspecified atom stereocenters. The Labute approximate surface area is 133 Å². The van der Waals surface area contributed by atoms with Gasteiger partial charge < -0.3 is 4.74 Å². The fourth-order valence-corrected chi connectivity index (χ4v) is 2.87. The van der Waals surface area contributed by atoms with Gasteiger partial charge in [-0.05, 0) is 25.5 Å². The molecule has 1 aliphatic heterocycles. The molecule has 23 heavy (non-hydrogen) atoms. The summed E-state index contributed by atoms with van der Waals surface area (Å²) < 4.78 is 4.78. The van der Waals surface area contributed by atoms with E-state index < -0.39 is 22.9 Å². The lowest BCUT2D eigenvalue weighted by molar-refractivity contribution is -0.505. The van der Waals surface area contributed by atoms with Crippen LogP contribution < -0.4 is 0 Å². The molecule has 118 valence electrons. The summed E-state index contributed by atoms with van der Waals surface area (Å²) in [6.45, 7) is 3.15. The Morgan fingerprint density at radius 2 is 2.04 bits per heavy atom. The number of nitro groups is 1. The van der Waals surface area contributed by atoms with Crippen LogP contribution in [0.5, 0.6) is 0 Å². The Hall–Kier alpha value is -3.01. The minimum absolute atomic E-state index is 0.113. The van der Waals surface area contributed by atoms with Crippen LogP contribution in [-0.2, 0) is 9.53 Å².